The molecule has 1 aliphatic rings. The SMILES string of the molecule is CC1(C)c2cc3ccccc3cc2-c2cccc(-c3ccc(-c4nc(-c5ccccc5)cc(-c5cccc6c5sc5ccccc56)n4)c4ccccc34)c21. The van der Waals surface area contributed by atoms with Gasteiger partial charge in [-0.3, -0.25) is 0 Å². The van der Waals surface area contributed by atoms with Gasteiger partial charge in [0.05, 0.1) is 11.4 Å². The van der Waals surface area contributed by atoms with E-state index >= 15 is 0 Å². The molecule has 0 saturated heterocycles. The van der Waals surface area contributed by atoms with Crippen molar-refractivity contribution in [2.75, 3.05) is 0 Å². The van der Waals surface area contributed by atoms with Crippen LogP contribution < -0.4 is 0 Å². The highest BCUT2D eigenvalue weighted by Crippen LogP contribution is 2.54. The summed E-state index contributed by atoms with van der Waals surface area (Å²) in [5, 5.41) is 7.45. The van der Waals surface area contributed by atoms with Crippen LogP contribution in [0.25, 0.3) is 97.9 Å². The van der Waals surface area contributed by atoms with Gasteiger partial charge in [-0.2, -0.15) is 0 Å². The van der Waals surface area contributed by atoms with Crippen LogP contribution in [0.5, 0.6) is 0 Å². The molecule has 54 heavy (non-hydrogen) atoms. The molecule has 254 valence electrons. The Kier molecular flexibility index (Phi) is 6.80. The van der Waals surface area contributed by atoms with Gasteiger partial charge in [-0.1, -0.05) is 153 Å². The molecule has 0 spiro atoms. The second-order valence-electron chi connectivity index (χ2n) is 14.9. The van der Waals surface area contributed by atoms with Crippen molar-refractivity contribution in [3.63, 3.8) is 0 Å². The van der Waals surface area contributed by atoms with Crippen LogP contribution in [0.2, 0.25) is 0 Å². The van der Waals surface area contributed by atoms with E-state index in [9.17, 15) is 0 Å². The molecule has 2 aromatic heterocycles. The van der Waals surface area contributed by atoms with Crippen LogP contribution in [0.15, 0.2) is 170 Å². The summed E-state index contributed by atoms with van der Waals surface area (Å²) in [7, 11) is 0. The lowest BCUT2D eigenvalue weighted by atomic mass is 9.78. The van der Waals surface area contributed by atoms with Crippen LogP contribution in [0.1, 0.15) is 25.0 Å². The molecule has 0 aliphatic heterocycles. The monoisotopic (exact) mass is 706 g/mol. The molecular weight excluding hydrogens is 673 g/mol. The van der Waals surface area contributed by atoms with E-state index in [1.54, 1.807) is 0 Å². The predicted molar refractivity (Wildman–Crippen MR) is 229 cm³/mol. The Morgan fingerprint density at radius 2 is 1.02 bits per heavy atom. The normalized spacial score (nSPS) is 13.1. The van der Waals surface area contributed by atoms with Crippen LogP contribution >= 0.6 is 11.3 Å². The van der Waals surface area contributed by atoms with Crippen molar-refractivity contribution in [2.24, 2.45) is 0 Å². The Bertz CT molecular complexity index is 3130. The van der Waals surface area contributed by atoms with Gasteiger partial charge in [0.25, 0.3) is 0 Å². The molecule has 0 bridgehead atoms. The molecule has 0 saturated carbocycles. The van der Waals surface area contributed by atoms with Gasteiger partial charge in [-0.15, -0.1) is 11.3 Å². The molecule has 0 unspecified atom stereocenters. The van der Waals surface area contributed by atoms with Gasteiger partial charge in [0, 0.05) is 42.3 Å². The molecule has 2 nitrogen and oxygen atoms in total. The first-order valence-corrected chi connectivity index (χ1v) is 19.4. The van der Waals surface area contributed by atoms with Gasteiger partial charge in [-0.05, 0) is 85.3 Å². The average molecular weight is 707 g/mol. The second kappa shape index (κ2) is 11.8. The number of benzene rings is 8. The van der Waals surface area contributed by atoms with Crippen molar-refractivity contribution >= 4 is 53.1 Å². The fourth-order valence-corrected chi connectivity index (χ4v) is 10.2. The number of nitrogens with zero attached hydrogens (tertiary/aromatic N) is 2. The molecule has 0 fully saturated rings. The first kappa shape index (κ1) is 31.1. The largest absolute Gasteiger partial charge is 0.228 e. The number of rotatable bonds is 4. The van der Waals surface area contributed by atoms with E-state index in [0.29, 0.717) is 0 Å². The Morgan fingerprint density at radius 3 is 1.83 bits per heavy atom. The van der Waals surface area contributed by atoms with Crippen LogP contribution in [-0.4, -0.2) is 9.97 Å². The molecule has 0 N–H and O–H groups in total. The highest BCUT2D eigenvalue weighted by Gasteiger charge is 2.38. The zero-order chi connectivity index (χ0) is 36.0. The minimum atomic E-state index is -0.166. The van der Waals surface area contributed by atoms with Crippen LogP contribution in [0.3, 0.4) is 0 Å². The fraction of sp³-hybridized carbons (Fsp3) is 0.0588. The lowest BCUT2D eigenvalue weighted by Gasteiger charge is -2.25. The van der Waals surface area contributed by atoms with E-state index < -0.39 is 0 Å². The summed E-state index contributed by atoms with van der Waals surface area (Å²) in [5.41, 5.74) is 12.8. The van der Waals surface area contributed by atoms with Gasteiger partial charge in [0.15, 0.2) is 5.82 Å². The summed E-state index contributed by atoms with van der Waals surface area (Å²) in [4.78, 5) is 10.7. The highest BCUT2D eigenvalue weighted by molar-refractivity contribution is 7.26. The third-order valence-electron chi connectivity index (χ3n) is 11.5. The first-order valence-electron chi connectivity index (χ1n) is 18.6. The van der Waals surface area contributed by atoms with Gasteiger partial charge < -0.3 is 0 Å². The van der Waals surface area contributed by atoms with Crippen molar-refractivity contribution in [2.45, 2.75) is 19.3 Å². The zero-order valence-corrected chi connectivity index (χ0v) is 30.8. The molecule has 0 amide bonds. The van der Waals surface area contributed by atoms with Gasteiger partial charge in [0.2, 0.25) is 0 Å². The van der Waals surface area contributed by atoms with Crippen molar-refractivity contribution in [3.8, 4) is 56.2 Å². The average Bonchev–Trinajstić information content (AvgIpc) is 3.71. The number of hydrogen-bond donors (Lipinski definition) is 0. The van der Waals surface area contributed by atoms with E-state index in [-0.39, 0.29) is 5.41 Å². The van der Waals surface area contributed by atoms with E-state index in [0.717, 1.165) is 39.3 Å². The maximum atomic E-state index is 5.40. The lowest BCUT2D eigenvalue weighted by molar-refractivity contribution is 0.663. The van der Waals surface area contributed by atoms with Crippen LogP contribution in [0, 0.1) is 0 Å². The van der Waals surface area contributed by atoms with Gasteiger partial charge in [0.1, 0.15) is 0 Å². The number of thiophene rings is 1. The van der Waals surface area contributed by atoms with E-state index in [4.69, 9.17) is 9.97 Å². The van der Waals surface area contributed by atoms with Crippen LogP contribution in [0.4, 0.5) is 0 Å². The third kappa shape index (κ3) is 4.65. The molecule has 11 rings (SSSR count). The zero-order valence-electron chi connectivity index (χ0n) is 30.0. The Balaban J connectivity index is 1.12. The summed E-state index contributed by atoms with van der Waals surface area (Å²) in [6, 6.07) is 61.6. The predicted octanol–water partition coefficient (Wildman–Crippen LogP) is 14.1. The standard InChI is InChI=1S/C51H34N2S/c1-51(2)44-29-33-17-7-6-16-32(33)28-43(44)39-22-12-21-38(48(39)51)36-26-27-41(35-19-9-8-18-34(35)36)50-52-45(31-14-4-3-5-15-31)30-46(53-50)42-24-13-23-40-37-20-10-11-25-47(37)54-49(40)42/h3-30H,1-2H3. The van der Waals surface area contributed by atoms with Crippen molar-refractivity contribution in [3.05, 3.63) is 181 Å². The number of fused-ring (bicyclic) bond motifs is 8. The molecule has 3 heteroatoms. The second-order valence-corrected chi connectivity index (χ2v) is 16.0. The molecule has 2 heterocycles. The van der Waals surface area contributed by atoms with E-state index in [1.807, 2.05) is 11.3 Å². The van der Waals surface area contributed by atoms with Crippen molar-refractivity contribution in [1.82, 2.24) is 9.97 Å². The summed E-state index contributed by atoms with van der Waals surface area (Å²) in [6.07, 6.45) is 0. The topological polar surface area (TPSA) is 25.8 Å². The van der Waals surface area contributed by atoms with E-state index in [1.165, 1.54) is 69.7 Å². The molecule has 1 aliphatic carbocycles. The maximum absolute atomic E-state index is 5.40. The Morgan fingerprint density at radius 1 is 0.426 bits per heavy atom. The minimum Gasteiger partial charge on any atom is -0.228 e. The first-order chi connectivity index (χ1) is 26.5. The molecule has 8 aromatic carbocycles. The van der Waals surface area contributed by atoms with Crippen LogP contribution in [-0.2, 0) is 5.41 Å². The Hall–Kier alpha value is -6.42. The molecule has 10 aromatic rings. The third-order valence-corrected chi connectivity index (χ3v) is 12.7. The Labute approximate surface area is 318 Å². The molecule has 0 atom stereocenters. The molecular formula is C51H34N2S. The fourth-order valence-electron chi connectivity index (χ4n) is 8.93. The lowest BCUT2D eigenvalue weighted by Crippen LogP contribution is -2.16. The van der Waals surface area contributed by atoms with E-state index in [2.05, 4.69) is 184 Å². The quantitative estimate of drug-likeness (QED) is 0.182. The summed E-state index contributed by atoms with van der Waals surface area (Å²) < 4.78 is 2.53. The number of hydrogen-bond acceptors (Lipinski definition) is 3. The van der Waals surface area contributed by atoms with Gasteiger partial charge in [-0.25, -0.2) is 9.97 Å². The van der Waals surface area contributed by atoms with Crippen molar-refractivity contribution < 1.29 is 0 Å². The smallest absolute Gasteiger partial charge is 0.161 e. The minimum absolute atomic E-state index is 0.166. The highest BCUT2D eigenvalue weighted by atomic mass is 32.1. The summed E-state index contributed by atoms with van der Waals surface area (Å²) >= 11 is 1.83. The number of aromatic nitrogens is 2. The summed E-state index contributed by atoms with van der Waals surface area (Å²) in [6.45, 7) is 4.77. The summed E-state index contributed by atoms with van der Waals surface area (Å²) in [5.74, 6) is 0.727. The van der Waals surface area contributed by atoms with Crippen molar-refractivity contribution in [1.29, 1.82) is 0 Å². The molecule has 0 radical (unpaired) electrons. The van der Waals surface area contributed by atoms with Gasteiger partial charge >= 0.3 is 0 Å². The maximum Gasteiger partial charge on any atom is 0.161 e.